The second-order valence-electron chi connectivity index (χ2n) is 5.37. The van der Waals surface area contributed by atoms with Gasteiger partial charge in [-0.1, -0.05) is 12.1 Å². The number of nitro benzene ring substituents is 1. The number of aryl methyl sites for hydroxylation is 1. The minimum absolute atomic E-state index is 0.0659. The highest BCUT2D eigenvalue weighted by atomic mass is 16.6. The van der Waals surface area contributed by atoms with Crippen molar-refractivity contribution in [3.63, 3.8) is 0 Å². The molecule has 0 radical (unpaired) electrons. The second kappa shape index (κ2) is 5.58. The van der Waals surface area contributed by atoms with Crippen LogP contribution in [0, 0.1) is 23.0 Å². The molecule has 20 heavy (non-hydrogen) atoms. The van der Waals surface area contributed by atoms with Gasteiger partial charge in [-0.25, -0.2) is 0 Å². The van der Waals surface area contributed by atoms with E-state index < -0.39 is 4.92 Å². The highest BCUT2D eigenvalue weighted by molar-refractivity contribution is 5.99. The number of hydrogen-bond acceptors (Lipinski definition) is 4. The van der Waals surface area contributed by atoms with Crippen molar-refractivity contribution in [2.45, 2.75) is 26.3 Å². The Balaban J connectivity index is 2.35. The van der Waals surface area contributed by atoms with Gasteiger partial charge in [0, 0.05) is 18.2 Å². The molecule has 2 unspecified atom stereocenters. The Bertz CT molecular complexity index is 544. The van der Waals surface area contributed by atoms with Gasteiger partial charge in [-0.2, -0.15) is 0 Å². The third-order valence-electron chi connectivity index (χ3n) is 3.91. The van der Waals surface area contributed by atoms with Crippen LogP contribution in [0.25, 0.3) is 0 Å². The largest absolute Gasteiger partial charge is 0.335 e. The normalized spacial score (nSPS) is 22.1. The first kappa shape index (κ1) is 14.5. The smallest absolute Gasteiger partial charge is 0.285 e. The van der Waals surface area contributed by atoms with E-state index in [0.717, 1.165) is 6.42 Å². The molecule has 0 aromatic heterocycles. The second-order valence-corrected chi connectivity index (χ2v) is 5.37. The monoisotopic (exact) mass is 277 g/mol. The summed E-state index contributed by atoms with van der Waals surface area (Å²) in [7, 11) is 0. The van der Waals surface area contributed by atoms with Crippen LogP contribution in [0.4, 0.5) is 5.69 Å². The average molecular weight is 277 g/mol. The highest BCUT2D eigenvalue weighted by Gasteiger charge is 2.35. The molecule has 1 aromatic rings. The first-order valence-electron chi connectivity index (χ1n) is 6.70. The number of para-hydroxylation sites is 1. The molecular formula is C14H19N3O3. The number of likely N-dealkylation sites (tertiary alicyclic amines) is 1. The van der Waals surface area contributed by atoms with Gasteiger partial charge in [0.25, 0.3) is 11.6 Å². The van der Waals surface area contributed by atoms with Gasteiger partial charge in [0.1, 0.15) is 5.56 Å². The van der Waals surface area contributed by atoms with Gasteiger partial charge in [-0.05, 0) is 38.8 Å². The van der Waals surface area contributed by atoms with Gasteiger partial charge in [-0.3, -0.25) is 14.9 Å². The topological polar surface area (TPSA) is 89.5 Å². The zero-order valence-corrected chi connectivity index (χ0v) is 11.7. The SMILES string of the molecule is Cc1cccc(C(=O)N2CC(CN)CC2C)c1[N+](=O)[O-]. The van der Waals surface area contributed by atoms with Crippen LogP contribution in [0.15, 0.2) is 18.2 Å². The average Bonchev–Trinajstić information content (AvgIpc) is 2.78. The number of nitrogens with zero attached hydrogens (tertiary/aromatic N) is 2. The Morgan fingerprint density at radius 3 is 2.80 bits per heavy atom. The van der Waals surface area contributed by atoms with Crippen molar-refractivity contribution in [1.29, 1.82) is 0 Å². The van der Waals surface area contributed by atoms with Crippen molar-refractivity contribution in [1.82, 2.24) is 4.90 Å². The minimum atomic E-state index is -0.482. The van der Waals surface area contributed by atoms with E-state index in [1.807, 2.05) is 6.92 Å². The minimum Gasteiger partial charge on any atom is -0.335 e. The molecule has 0 bridgehead atoms. The van der Waals surface area contributed by atoms with Crippen molar-refractivity contribution >= 4 is 11.6 Å². The number of carbonyl (C=O) groups excluding carboxylic acids is 1. The molecule has 1 fully saturated rings. The maximum absolute atomic E-state index is 12.6. The fourth-order valence-corrected chi connectivity index (χ4v) is 2.82. The predicted molar refractivity (Wildman–Crippen MR) is 75.5 cm³/mol. The van der Waals surface area contributed by atoms with E-state index in [1.165, 1.54) is 6.07 Å². The summed E-state index contributed by atoms with van der Waals surface area (Å²) in [5.74, 6) is 0.00154. The van der Waals surface area contributed by atoms with Crippen LogP contribution < -0.4 is 5.73 Å². The fraction of sp³-hybridized carbons (Fsp3) is 0.500. The number of hydrogen-bond donors (Lipinski definition) is 1. The lowest BCUT2D eigenvalue weighted by Gasteiger charge is -2.21. The van der Waals surface area contributed by atoms with Gasteiger partial charge in [0.15, 0.2) is 0 Å². The van der Waals surface area contributed by atoms with Crippen LogP contribution >= 0.6 is 0 Å². The molecule has 0 saturated carbocycles. The summed E-state index contributed by atoms with van der Waals surface area (Å²) in [4.78, 5) is 25.0. The predicted octanol–water partition coefficient (Wildman–Crippen LogP) is 1.71. The Hall–Kier alpha value is -1.95. The highest BCUT2D eigenvalue weighted by Crippen LogP contribution is 2.29. The molecule has 1 saturated heterocycles. The fourth-order valence-electron chi connectivity index (χ4n) is 2.82. The number of carbonyl (C=O) groups is 1. The molecule has 108 valence electrons. The number of amides is 1. The molecular weight excluding hydrogens is 258 g/mol. The molecule has 2 N–H and O–H groups in total. The zero-order valence-electron chi connectivity index (χ0n) is 11.7. The number of nitrogens with two attached hydrogens (primary N) is 1. The molecule has 1 aliphatic heterocycles. The van der Waals surface area contributed by atoms with Gasteiger partial charge < -0.3 is 10.6 Å². The zero-order chi connectivity index (χ0) is 14.9. The number of benzene rings is 1. The third-order valence-corrected chi connectivity index (χ3v) is 3.91. The standard InChI is InChI=1S/C14H19N3O3/c1-9-4-3-5-12(13(9)17(19)20)14(18)16-8-11(7-15)6-10(16)2/h3-5,10-11H,6-8,15H2,1-2H3. The van der Waals surface area contributed by atoms with Crippen molar-refractivity contribution in [2.75, 3.05) is 13.1 Å². The summed E-state index contributed by atoms with van der Waals surface area (Å²) in [6.45, 7) is 4.70. The van der Waals surface area contributed by atoms with Gasteiger partial charge in [-0.15, -0.1) is 0 Å². The molecule has 2 rings (SSSR count). The first-order chi connectivity index (χ1) is 9.45. The van der Waals surface area contributed by atoms with Gasteiger partial charge in [0.2, 0.25) is 0 Å². The summed E-state index contributed by atoms with van der Waals surface area (Å²) >= 11 is 0. The van der Waals surface area contributed by atoms with E-state index in [-0.39, 0.29) is 29.1 Å². The van der Waals surface area contributed by atoms with Crippen LogP contribution in [0.2, 0.25) is 0 Å². The summed E-state index contributed by atoms with van der Waals surface area (Å²) < 4.78 is 0. The molecule has 6 nitrogen and oxygen atoms in total. The van der Waals surface area contributed by atoms with Crippen LogP contribution in [-0.4, -0.2) is 34.9 Å². The number of rotatable bonds is 3. The quantitative estimate of drug-likeness (QED) is 0.672. The Kier molecular flexibility index (Phi) is 4.04. The molecule has 1 aliphatic rings. The van der Waals surface area contributed by atoms with Crippen molar-refractivity contribution in [3.05, 3.63) is 39.4 Å². The molecule has 6 heteroatoms. The Morgan fingerprint density at radius 2 is 2.25 bits per heavy atom. The van der Waals surface area contributed by atoms with Crippen LogP contribution in [0.5, 0.6) is 0 Å². The van der Waals surface area contributed by atoms with E-state index in [1.54, 1.807) is 24.0 Å². The Morgan fingerprint density at radius 1 is 1.55 bits per heavy atom. The van der Waals surface area contributed by atoms with E-state index in [9.17, 15) is 14.9 Å². The molecule has 0 aliphatic carbocycles. The number of nitro groups is 1. The van der Waals surface area contributed by atoms with Crippen LogP contribution in [0.3, 0.4) is 0 Å². The lowest BCUT2D eigenvalue weighted by atomic mass is 10.1. The van der Waals surface area contributed by atoms with Crippen molar-refractivity contribution in [2.24, 2.45) is 11.7 Å². The summed E-state index contributed by atoms with van der Waals surface area (Å²) in [6.07, 6.45) is 0.849. The lowest BCUT2D eigenvalue weighted by Crippen LogP contribution is -2.34. The van der Waals surface area contributed by atoms with E-state index in [4.69, 9.17) is 5.73 Å². The van der Waals surface area contributed by atoms with E-state index in [2.05, 4.69) is 0 Å². The molecule has 1 heterocycles. The Labute approximate surface area is 117 Å². The van der Waals surface area contributed by atoms with Gasteiger partial charge in [0.05, 0.1) is 4.92 Å². The first-order valence-corrected chi connectivity index (χ1v) is 6.70. The summed E-state index contributed by atoms with van der Waals surface area (Å²) in [5, 5.41) is 11.2. The van der Waals surface area contributed by atoms with Crippen molar-refractivity contribution < 1.29 is 9.72 Å². The molecule has 0 spiro atoms. The lowest BCUT2D eigenvalue weighted by molar-refractivity contribution is -0.385. The van der Waals surface area contributed by atoms with E-state index in [0.29, 0.717) is 18.7 Å². The molecule has 1 amide bonds. The van der Waals surface area contributed by atoms with Crippen molar-refractivity contribution in [3.8, 4) is 0 Å². The maximum Gasteiger partial charge on any atom is 0.285 e. The third kappa shape index (κ3) is 2.51. The molecule has 1 aromatic carbocycles. The summed E-state index contributed by atoms with van der Waals surface area (Å²) in [6, 6.07) is 4.91. The molecule has 2 atom stereocenters. The van der Waals surface area contributed by atoms with Crippen LogP contribution in [0.1, 0.15) is 29.3 Å². The summed E-state index contributed by atoms with van der Waals surface area (Å²) in [5.41, 5.74) is 6.23. The van der Waals surface area contributed by atoms with E-state index >= 15 is 0 Å². The maximum atomic E-state index is 12.6. The van der Waals surface area contributed by atoms with Gasteiger partial charge >= 0.3 is 0 Å². The van der Waals surface area contributed by atoms with Crippen LogP contribution in [-0.2, 0) is 0 Å².